The molecule has 2 aromatic rings. The van der Waals surface area contributed by atoms with Gasteiger partial charge in [-0.3, -0.25) is 4.79 Å². The molecule has 0 aromatic carbocycles. The molecule has 0 bridgehead atoms. The predicted octanol–water partition coefficient (Wildman–Crippen LogP) is 1.42. The van der Waals surface area contributed by atoms with Crippen LogP contribution in [-0.2, 0) is 7.05 Å². The zero-order valence-corrected chi connectivity index (χ0v) is 9.73. The van der Waals surface area contributed by atoms with Gasteiger partial charge in [-0.25, -0.2) is 14.6 Å². The van der Waals surface area contributed by atoms with Crippen LogP contribution in [0.5, 0.6) is 0 Å². The molecule has 2 heterocycles. The van der Waals surface area contributed by atoms with Crippen LogP contribution in [-0.4, -0.2) is 26.0 Å². The van der Waals surface area contributed by atoms with Crippen molar-refractivity contribution >= 4 is 18.7 Å². The van der Waals surface area contributed by atoms with E-state index in [0.29, 0.717) is 23.6 Å². The second-order valence-corrected chi connectivity index (χ2v) is 3.20. The van der Waals surface area contributed by atoms with E-state index in [1.165, 1.54) is 4.68 Å². The van der Waals surface area contributed by atoms with Gasteiger partial charge in [-0.1, -0.05) is 6.07 Å². The molecule has 5 nitrogen and oxygen atoms in total. The Morgan fingerprint density at radius 2 is 2.06 bits per heavy atom. The van der Waals surface area contributed by atoms with Crippen LogP contribution in [0.15, 0.2) is 18.2 Å². The van der Waals surface area contributed by atoms with E-state index in [1.807, 2.05) is 25.1 Å². The number of aromatic nitrogens is 4. The molecule has 84 valence electrons. The highest BCUT2D eigenvalue weighted by molar-refractivity contribution is 5.85. The van der Waals surface area contributed by atoms with Crippen LogP contribution in [0.2, 0.25) is 0 Å². The van der Waals surface area contributed by atoms with Crippen molar-refractivity contribution in [3.8, 4) is 11.5 Å². The number of carbonyl (C=O) groups is 1. The molecule has 16 heavy (non-hydrogen) atoms. The lowest BCUT2D eigenvalue weighted by atomic mass is 10.3. The van der Waals surface area contributed by atoms with Crippen molar-refractivity contribution in [2.24, 2.45) is 7.05 Å². The van der Waals surface area contributed by atoms with E-state index >= 15 is 0 Å². The van der Waals surface area contributed by atoms with Crippen LogP contribution in [0.1, 0.15) is 16.3 Å². The summed E-state index contributed by atoms with van der Waals surface area (Å²) >= 11 is 0. The summed E-state index contributed by atoms with van der Waals surface area (Å²) in [6.45, 7) is 1.90. The van der Waals surface area contributed by atoms with Gasteiger partial charge in [0.05, 0.1) is 0 Å². The lowest BCUT2D eigenvalue weighted by Crippen LogP contribution is -1.96. The van der Waals surface area contributed by atoms with Gasteiger partial charge in [0, 0.05) is 12.7 Å². The van der Waals surface area contributed by atoms with Crippen LogP contribution in [0.4, 0.5) is 0 Å². The van der Waals surface area contributed by atoms with Gasteiger partial charge in [0.2, 0.25) is 0 Å². The quantitative estimate of drug-likeness (QED) is 0.743. The Balaban J connectivity index is 0.00000128. The van der Waals surface area contributed by atoms with E-state index in [0.717, 1.165) is 5.69 Å². The third kappa shape index (κ3) is 2.25. The van der Waals surface area contributed by atoms with Crippen molar-refractivity contribution in [3.05, 3.63) is 29.7 Å². The minimum absolute atomic E-state index is 0. The summed E-state index contributed by atoms with van der Waals surface area (Å²) in [5, 5.41) is 4.10. The summed E-state index contributed by atoms with van der Waals surface area (Å²) in [5.74, 6) is 0.775. The van der Waals surface area contributed by atoms with Gasteiger partial charge in [0.1, 0.15) is 5.69 Å². The topological polar surface area (TPSA) is 60.7 Å². The number of aldehydes is 1. The average Bonchev–Trinajstić information content (AvgIpc) is 2.60. The smallest absolute Gasteiger partial charge is 0.200 e. The van der Waals surface area contributed by atoms with Crippen molar-refractivity contribution in [3.63, 3.8) is 0 Å². The number of halogens is 1. The fourth-order valence-electron chi connectivity index (χ4n) is 1.28. The maximum atomic E-state index is 10.6. The van der Waals surface area contributed by atoms with Gasteiger partial charge in [-0.2, -0.15) is 0 Å². The first-order valence-corrected chi connectivity index (χ1v) is 4.51. The van der Waals surface area contributed by atoms with E-state index in [1.54, 1.807) is 7.05 Å². The molecule has 0 unspecified atom stereocenters. The molecule has 2 rings (SSSR count). The van der Waals surface area contributed by atoms with Crippen LogP contribution < -0.4 is 0 Å². The summed E-state index contributed by atoms with van der Waals surface area (Å²) in [6, 6.07) is 5.60. The minimum atomic E-state index is 0. The van der Waals surface area contributed by atoms with E-state index < -0.39 is 0 Å². The highest BCUT2D eigenvalue weighted by atomic mass is 35.5. The molecule has 0 spiro atoms. The Kier molecular flexibility index (Phi) is 3.73. The minimum Gasteiger partial charge on any atom is -0.294 e. The summed E-state index contributed by atoms with van der Waals surface area (Å²) in [5.41, 5.74) is 1.58. The third-order valence-electron chi connectivity index (χ3n) is 2.02. The molecule has 0 aliphatic heterocycles. The molecule has 0 atom stereocenters. The van der Waals surface area contributed by atoms with Crippen molar-refractivity contribution in [1.29, 1.82) is 0 Å². The Hall–Kier alpha value is -1.75. The van der Waals surface area contributed by atoms with E-state index in [9.17, 15) is 4.79 Å². The van der Waals surface area contributed by atoms with Gasteiger partial charge in [0.15, 0.2) is 17.9 Å². The molecule has 0 saturated heterocycles. The number of hydrogen-bond donors (Lipinski definition) is 0. The molecular weight excluding hydrogens is 228 g/mol. The largest absolute Gasteiger partial charge is 0.294 e. The number of rotatable bonds is 2. The third-order valence-corrected chi connectivity index (χ3v) is 2.02. The van der Waals surface area contributed by atoms with Crippen molar-refractivity contribution < 1.29 is 4.79 Å². The van der Waals surface area contributed by atoms with E-state index in [4.69, 9.17) is 0 Å². The standard InChI is InChI=1S/C10H10N4O.ClH/c1-7-4-3-5-8(11-7)10-12-9(6-15)14(2)13-10;/h3-6H,1-2H3;1H. The normalized spacial score (nSPS) is 9.62. The van der Waals surface area contributed by atoms with E-state index in [2.05, 4.69) is 15.1 Å². The Labute approximate surface area is 98.9 Å². The van der Waals surface area contributed by atoms with Crippen LogP contribution in [0, 0.1) is 6.92 Å². The first-order valence-electron chi connectivity index (χ1n) is 4.51. The number of hydrogen-bond acceptors (Lipinski definition) is 4. The second kappa shape index (κ2) is 4.85. The van der Waals surface area contributed by atoms with Gasteiger partial charge in [-0.15, -0.1) is 17.5 Å². The number of aryl methyl sites for hydroxylation is 2. The highest BCUT2D eigenvalue weighted by Crippen LogP contribution is 2.12. The Morgan fingerprint density at radius 1 is 1.31 bits per heavy atom. The van der Waals surface area contributed by atoms with Gasteiger partial charge < -0.3 is 0 Å². The highest BCUT2D eigenvalue weighted by Gasteiger charge is 2.09. The first kappa shape index (κ1) is 12.3. The number of nitrogens with zero attached hydrogens (tertiary/aromatic N) is 4. The molecule has 0 radical (unpaired) electrons. The summed E-state index contributed by atoms with van der Waals surface area (Å²) in [6.07, 6.45) is 0.673. The van der Waals surface area contributed by atoms with Crippen LogP contribution in [0.3, 0.4) is 0 Å². The zero-order chi connectivity index (χ0) is 10.8. The lowest BCUT2D eigenvalue weighted by Gasteiger charge is -1.94. The maximum absolute atomic E-state index is 10.6. The fraction of sp³-hybridized carbons (Fsp3) is 0.200. The Morgan fingerprint density at radius 3 is 2.62 bits per heavy atom. The first-order chi connectivity index (χ1) is 7.20. The summed E-state index contributed by atoms with van der Waals surface area (Å²) in [7, 11) is 1.68. The van der Waals surface area contributed by atoms with Gasteiger partial charge >= 0.3 is 0 Å². The molecule has 0 aliphatic rings. The number of pyridine rings is 1. The Bertz CT molecular complexity index is 509. The molecule has 0 fully saturated rings. The van der Waals surface area contributed by atoms with Crippen molar-refractivity contribution in [2.75, 3.05) is 0 Å². The van der Waals surface area contributed by atoms with Crippen LogP contribution >= 0.6 is 12.4 Å². The molecule has 0 N–H and O–H groups in total. The average molecular weight is 239 g/mol. The van der Waals surface area contributed by atoms with Gasteiger partial charge in [0.25, 0.3) is 0 Å². The molecule has 6 heteroatoms. The van der Waals surface area contributed by atoms with E-state index in [-0.39, 0.29) is 12.4 Å². The monoisotopic (exact) mass is 238 g/mol. The lowest BCUT2D eigenvalue weighted by molar-refractivity contribution is 0.111. The molecule has 0 saturated carbocycles. The summed E-state index contributed by atoms with van der Waals surface area (Å²) < 4.78 is 1.44. The van der Waals surface area contributed by atoms with Crippen molar-refractivity contribution in [1.82, 2.24) is 19.7 Å². The van der Waals surface area contributed by atoms with Crippen molar-refractivity contribution in [2.45, 2.75) is 6.92 Å². The zero-order valence-electron chi connectivity index (χ0n) is 8.91. The maximum Gasteiger partial charge on any atom is 0.200 e. The van der Waals surface area contributed by atoms with Crippen LogP contribution in [0.25, 0.3) is 11.5 Å². The predicted molar refractivity (Wildman–Crippen MR) is 61.6 cm³/mol. The number of carbonyl (C=O) groups excluding carboxylic acids is 1. The molecule has 0 aliphatic carbocycles. The van der Waals surface area contributed by atoms with Gasteiger partial charge in [-0.05, 0) is 19.1 Å². The fourth-order valence-corrected chi connectivity index (χ4v) is 1.28. The second-order valence-electron chi connectivity index (χ2n) is 3.20. The summed E-state index contributed by atoms with van der Waals surface area (Å²) in [4.78, 5) is 18.9. The molecule has 0 amide bonds. The SMILES string of the molecule is Cc1cccc(-c2nc(C=O)n(C)n2)n1.Cl. The molecule has 2 aromatic heterocycles. The molecular formula is C10H11ClN4O.